The highest BCUT2D eigenvalue weighted by molar-refractivity contribution is 6.28. The molecule has 1 unspecified atom stereocenters. The standard InChI is InChI=1S/C12H20ClN5O2/c1-5-20-12-17-10(13)16-11(18-12)15-8(4)9(19)14-6-7(2)3/h7-8H,5-6H2,1-4H3,(H,14,19)(H,15,16,17,18). The number of nitrogens with zero attached hydrogens (tertiary/aromatic N) is 3. The average molecular weight is 302 g/mol. The molecule has 112 valence electrons. The van der Waals surface area contributed by atoms with Crippen molar-refractivity contribution in [3.05, 3.63) is 5.28 Å². The third-order valence-electron chi connectivity index (χ3n) is 2.28. The molecule has 0 radical (unpaired) electrons. The number of ether oxygens (including phenoxy) is 1. The van der Waals surface area contributed by atoms with Gasteiger partial charge in [0.05, 0.1) is 6.61 Å². The molecule has 0 saturated heterocycles. The van der Waals surface area contributed by atoms with Gasteiger partial charge in [0.1, 0.15) is 6.04 Å². The Morgan fingerprint density at radius 1 is 1.30 bits per heavy atom. The highest BCUT2D eigenvalue weighted by Gasteiger charge is 2.15. The summed E-state index contributed by atoms with van der Waals surface area (Å²) in [6.07, 6.45) is 0. The number of nitrogens with one attached hydrogen (secondary N) is 2. The zero-order chi connectivity index (χ0) is 15.1. The third-order valence-corrected chi connectivity index (χ3v) is 2.45. The van der Waals surface area contributed by atoms with Crippen LogP contribution in [-0.2, 0) is 4.79 Å². The number of hydrogen-bond donors (Lipinski definition) is 2. The molecule has 0 fully saturated rings. The normalized spacial score (nSPS) is 12.1. The number of amides is 1. The maximum Gasteiger partial charge on any atom is 0.322 e. The van der Waals surface area contributed by atoms with Crippen LogP contribution in [0.15, 0.2) is 0 Å². The lowest BCUT2D eigenvalue weighted by Crippen LogP contribution is -2.39. The molecule has 0 aromatic carbocycles. The summed E-state index contributed by atoms with van der Waals surface area (Å²) in [6, 6.07) is -0.355. The lowest BCUT2D eigenvalue weighted by atomic mass is 10.2. The van der Waals surface area contributed by atoms with Gasteiger partial charge < -0.3 is 15.4 Å². The Labute approximate surface area is 123 Å². The summed E-state index contributed by atoms with van der Waals surface area (Å²) >= 11 is 5.77. The van der Waals surface area contributed by atoms with E-state index in [-0.39, 0.29) is 23.1 Å². The first-order valence-electron chi connectivity index (χ1n) is 6.51. The molecule has 1 atom stereocenters. The van der Waals surface area contributed by atoms with Crippen molar-refractivity contribution in [1.82, 2.24) is 20.3 Å². The van der Waals surface area contributed by atoms with Gasteiger partial charge in [-0.1, -0.05) is 13.8 Å². The van der Waals surface area contributed by atoms with Crippen molar-refractivity contribution >= 4 is 23.5 Å². The molecular formula is C12H20ClN5O2. The molecule has 0 aliphatic heterocycles. The van der Waals surface area contributed by atoms with Gasteiger partial charge >= 0.3 is 6.01 Å². The summed E-state index contributed by atoms with van der Waals surface area (Å²) in [5.74, 6) is 0.469. The predicted octanol–water partition coefficient (Wildman–Crippen LogP) is 1.50. The van der Waals surface area contributed by atoms with Crippen LogP contribution in [0, 0.1) is 5.92 Å². The van der Waals surface area contributed by atoms with Gasteiger partial charge in [0, 0.05) is 6.54 Å². The van der Waals surface area contributed by atoms with Crippen LogP contribution in [-0.4, -0.2) is 40.1 Å². The van der Waals surface area contributed by atoms with Crippen molar-refractivity contribution in [3.8, 4) is 6.01 Å². The molecule has 1 rings (SSSR count). The molecule has 7 nitrogen and oxygen atoms in total. The Morgan fingerprint density at radius 2 is 2.00 bits per heavy atom. The van der Waals surface area contributed by atoms with Gasteiger partial charge in [-0.05, 0) is 31.4 Å². The average Bonchev–Trinajstić information content (AvgIpc) is 2.35. The SMILES string of the molecule is CCOc1nc(Cl)nc(NC(C)C(=O)NCC(C)C)n1. The summed E-state index contributed by atoms with van der Waals surface area (Å²) in [4.78, 5) is 23.6. The zero-order valence-corrected chi connectivity index (χ0v) is 12.9. The Hall–Kier alpha value is -1.63. The summed E-state index contributed by atoms with van der Waals surface area (Å²) in [5, 5.41) is 5.70. The van der Waals surface area contributed by atoms with E-state index in [0.29, 0.717) is 19.1 Å². The van der Waals surface area contributed by atoms with Gasteiger partial charge in [-0.3, -0.25) is 4.79 Å². The maximum absolute atomic E-state index is 11.8. The predicted molar refractivity (Wildman–Crippen MR) is 76.9 cm³/mol. The topological polar surface area (TPSA) is 89.0 Å². The van der Waals surface area contributed by atoms with Gasteiger partial charge in [-0.25, -0.2) is 0 Å². The van der Waals surface area contributed by atoms with Crippen molar-refractivity contribution < 1.29 is 9.53 Å². The van der Waals surface area contributed by atoms with Crippen LogP contribution in [0.4, 0.5) is 5.95 Å². The van der Waals surface area contributed by atoms with Crippen LogP contribution in [0.1, 0.15) is 27.7 Å². The van der Waals surface area contributed by atoms with E-state index in [9.17, 15) is 4.79 Å². The third kappa shape index (κ3) is 5.56. The van der Waals surface area contributed by atoms with Gasteiger partial charge in [-0.15, -0.1) is 0 Å². The molecule has 1 amide bonds. The highest BCUT2D eigenvalue weighted by Crippen LogP contribution is 2.12. The highest BCUT2D eigenvalue weighted by atomic mass is 35.5. The molecule has 0 aliphatic carbocycles. The first-order chi connectivity index (χ1) is 9.42. The second-order valence-corrected chi connectivity index (χ2v) is 4.99. The van der Waals surface area contributed by atoms with E-state index in [4.69, 9.17) is 16.3 Å². The summed E-state index contributed by atoms with van der Waals surface area (Å²) in [5.41, 5.74) is 0. The minimum Gasteiger partial charge on any atom is -0.464 e. The minimum atomic E-state index is -0.485. The van der Waals surface area contributed by atoms with E-state index < -0.39 is 6.04 Å². The molecule has 8 heteroatoms. The van der Waals surface area contributed by atoms with Crippen LogP contribution < -0.4 is 15.4 Å². The quantitative estimate of drug-likeness (QED) is 0.793. The van der Waals surface area contributed by atoms with Crippen LogP contribution in [0.2, 0.25) is 5.28 Å². The van der Waals surface area contributed by atoms with E-state index in [2.05, 4.69) is 25.6 Å². The van der Waals surface area contributed by atoms with Crippen LogP contribution in [0.3, 0.4) is 0 Å². The van der Waals surface area contributed by atoms with Crippen molar-refractivity contribution in [2.45, 2.75) is 33.7 Å². The smallest absolute Gasteiger partial charge is 0.322 e. The summed E-state index contributed by atoms with van der Waals surface area (Å²) in [6.45, 7) is 8.62. The molecular weight excluding hydrogens is 282 g/mol. The molecule has 0 aliphatic rings. The number of carbonyl (C=O) groups excluding carboxylic acids is 1. The van der Waals surface area contributed by atoms with Crippen molar-refractivity contribution in [1.29, 1.82) is 0 Å². The maximum atomic E-state index is 11.8. The Morgan fingerprint density at radius 3 is 2.60 bits per heavy atom. The molecule has 2 N–H and O–H groups in total. The first-order valence-corrected chi connectivity index (χ1v) is 6.88. The molecule has 0 saturated carbocycles. The van der Waals surface area contributed by atoms with E-state index in [1.807, 2.05) is 20.8 Å². The van der Waals surface area contributed by atoms with E-state index in [0.717, 1.165) is 0 Å². The van der Waals surface area contributed by atoms with Crippen molar-refractivity contribution in [2.24, 2.45) is 5.92 Å². The second-order valence-electron chi connectivity index (χ2n) is 4.65. The van der Waals surface area contributed by atoms with Gasteiger partial charge in [0.2, 0.25) is 17.1 Å². The van der Waals surface area contributed by atoms with Gasteiger partial charge in [0.25, 0.3) is 0 Å². The minimum absolute atomic E-state index is 0.0146. The molecule has 0 bridgehead atoms. The number of hydrogen-bond acceptors (Lipinski definition) is 6. The Bertz CT molecular complexity index is 455. The largest absolute Gasteiger partial charge is 0.464 e. The lowest BCUT2D eigenvalue weighted by molar-refractivity contribution is -0.121. The van der Waals surface area contributed by atoms with Crippen LogP contribution >= 0.6 is 11.6 Å². The number of carbonyl (C=O) groups is 1. The van der Waals surface area contributed by atoms with Crippen molar-refractivity contribution in [3.63, 3.8) is 0 Å². The molecule has 1 aromatic rings. The Kier molecular flexibility index (Phi) is 6.44. The van der Waals surface area contributed by atoms with E-state index in [1.165, 1.54) is 0 Å². The molecule has 0 spiro atoms. The summed E-state index contributed by atoms with van der Waals surface area (Å²) in [7, 11) is 0. The fourth-order valence-electron chi connectivity index (χ4n) is 1.31. The van der Waals surface area contributed by atoms with Gasteiger partial charge in [0.15, 0.2) is 0 Å². The molecule has 1 heterocycles. The van der Waals surface area contributed by atoms with E-state index in [1.54, 1.807) is 6.92 Å². The lowest BCUT2D eigenvalue weighted by Gasteiger charge is -2.15. The first kappa shape index (κ1) is 16.4. The number of rotatable bonds is 7. The fraction of sp³-hybridized carbons (Fsp3) is 0.667. The number of aromatic nitrogens is 3. The van der Waals surface area contributed by atoms with Crippen LogP contribution in [0.5, 0.6) is 6.01 Å². The monoisotopic (exact) mass is 301 g/mol. The second kappa shape index (κ2) is 7.84. The van der Waals surface area contributed by atoms with E-state index >= 15 is 0 Å². The Balaban J connectivity index is 2.65. The molecule has 20 heavy (non-hydrogen) atoms. The fourth-order valence-corrected chi connectivity index (χ4v) is 1.46. The number of anilines is 1. The van der Waals surface area contributed by atoms with Crippen molar-refractivity contribution in [2.75, 3.05) is 18.5 Å². The van der Waals surface area contributed by atoms with Gasteiger partial charge in [-0.2, -0.15) is 15.0 Å². The number of halogens is 1. The zero-order valence-electron chi connectivity index (χ0n) is 12.1. The van der Waals surface area contributed by atoms with Crippen LogP contribution in [0.25, 0.3) is 0 Å². The molecule has 1 aromatic heterocycles. The summed E-state index contributed by atoms with van der Waals surface area (Å²) < 4.78 is 5.16.